The Morgan fingerprint density at radius 3 is 1.63 bits per heavy atom. The summed E-state index contributed by atoms with van der Waals surface area (Å²) in [5, 5.41) is 8.45. The van der Waals surface area contributed by atoms with Crippen LogP contribution in [-0.4, -0.2) is 41.6 Å². The van der Waals surface area contributed by atoms with Gasteiger partial charge in [0.15, 0.2) is 6.61 Å². The van der Waals surface area contributed by atoms with Gasteiger partial charge in [-0.15, -0.1) is 0 Å². The van der Waals surface area contributed by atoms with Gasteiger partial charge in [0.2, 0.25) is 0 Å². The first-order valence-electron chi connectivity index (χ1n) is 4.60. The number of hydrogen-bond donors (Lipinski definition) is 1. The number of halogens is 8. The molecule has 0 radical (unpaired) electrons. The number of ether oxygens (including phenoxy) is 1. The molecule has 0 aromatic carbocycles. The van der Waals surface area contributed by atoms with Crippen LogP contribution in [0.25, 0.3) is 0 Å². The van der Waals surface area contributed by atoms with Crippen molar-refractivity contribution in [1.82, 2.24) is 0 Å². The van der Waals surface area contributed by atoms with E-state index in [1.165, 1.54) is 0 Å². The van der Waals surface area contributed by atoms with Gasteiger partial charge in [0.05, 0.1) is 0 Å². The third kappa shape index (κ3) is 3.67. The van der Waals surface area contributed by atoms with Crippen molar-refractivity contribution in [2.45, 2.75) is 37.2 Å². The van der Waals surface area contributed by atoms with Gasteiger partial charge in [-0.2, -0.15) is 26.3 Å². The molecule has 0 aliphatic rings. The lowest BCUT2D eigenvalue weighted by Gasteiger charge is -2.30. The molecule has 114 valence electrons. The number of carbonyl (C=O) groups excluding carboxylic acids is 1. The smallest absolute Gasteiger partial charge is 0.437 e. The Morgan fingerprint density at radius 2 is 1.37 bits per heavy atom. The van der Waals surface area contributed by atoms with Crippen molar-refractivity contribution in [1.29, 1.82) is 0 Å². The lowest BCUT2D eigenvalue weighted by Crippen LogP contribution is -2.63. The molecular weight excluding hydrogens is 296 g/mol. The highest BCUT2D eigenvalue weighted by molar-refractivity contribution is 5.81. The molecular formula is C8H8F8O3. The summed E-state index contributed by atoms with van der Waals surface area (Å²) >= 11 is 0. The summed E-state index contributed by atoms with van der Waals surface area (Å²) in [6.07, 6.45) is -13.9. The number of alkyl halides is 8. The average Bonchev–Trinajstić information content (AvgIpc) is 2.21. The molecule has 0 aromatic heterocycles. The van der Waals surface area contributed by atoms with E-state index in [1.807, 2.05) is 0 Å². The summed E-state index contributed by atoms with van der Waals surface area (Å²) in [5.41, 5.74) is -5.84. The summed E-state index contributed by atoms with van der Waals surface area (Å²) in [7, 11) is 0. The zero-order chi connectivity index (χ0) is 15.7. The van der Waals surface area contributed by atoms with Crippen LogP contribution in [-0.2, 0) is 9.53 Å². The molecule has 3 nitrogen and oxygen atoms in total. The summed E-state index contributed by atoms with van der Waals surface area (Å²) in [4.78, 5) is 10.7. The molecule has 0 unspecified atom stereocenters. The van der Waals surface area contributed by atoms with Gasteiger partial charge in [0.25, 0.3) is 5.92 Å². The second-order valence-electron chi connectivity index (χ2n) is 3.49. The molecule has 0 amide bonds. The van der Waals surface area contributed by atoms with Gasteiger partial charge >= 0.3 is 23.9 Å². The molecule has 19 heavy (non-hydrogen) atoms. The maximum absolute atomic E-state index is 12.6. The zero-order valence-corrected chi connectivity index (χ0v) is 9.20. The number of rotatable bonds is 4. The summed E-state index contributed by atoms with van der Waals surface area (Å²) < 4.78 is 101. The molecule has 0 rings (SSSR count). The first-order chi connectivity index (χ1) is 8.19. The molecule has 1 N–H and O–H groups in total. The van der Waals surface area contributed by atoms with E-state index in [-0.39, 0.29) is 0 Å². The number of carbonyl (C=O) groups is 1. The Balaban J connectivity index is 5.19. The Bertz CT molecular complexity index is 318. The first kappa shape index (κ1) is 17.9. The fraction of sp³-hybridized carbons (Fsp3) is 0.875. The molecule has 0 spiro atoms. The minimum atomic E-state index is -6.45. The molecule has 0 bridgehead atoms. The van der Waals surface area contributed by atoms with Crippen LogP contribution in [0.2, 0.25) is 0 Å². The predicted molar refractivity (Wildman–Crippen MR) is 43.3 cm³/mol. The van der Waals surface area contributed by atoms with Crippen LogP contribution in [0.3, 0.4) is 0 Å². The predicted octanol–water partition coefficient (Wildman–Crippen LogP) is 2.43. The maximum Gasteiger partial charge on any atom is 0.437 e. The van der Waals surface area contributed by atoms with Crippen molar-refractivity contribution in [3.63, 3.8) is 0 Å². The van der Waals surface area contributed by atoms with Crippen LogP contribution in [0.5, 0.6) is 0 Å². The van der Waals surface area contributed by atoms with E-state index in [2.05, 4.69) is 4.74 Å². The van der Waals surface area contributed by atoms with Crippen molar-refractivity contribution in [3.8, 4) is 0 Å². The van der Waals surface area contributed by atoms with Crippen molar-refractivity contribution < 1.29 is 49.8 Å². The molecule has 0 saturated heterocycles. The van der Waals surface area contributed by atoms with Gasteiger partial charge in [0.1, 0.15) is 0 Å². The molecule has 0 saturated carbocycles. The zero-order valence-electron chi connectivity index (χ0n) is 9.20. The van der Waals surface area contributed by atoms with Gasteiger partial charge < -0.3 is 9.84 Å². The van der Waals surface area contributed by atoms with Crippen molar-refractivity contribution in [3.05, 3.63) is 0 Å². The lowest BCUT2D eigenvalue weighted by molar-refractivity contribution is -0.357. The Labute approximate surface area is 101 Å². The third-order valence-corrected chi connectivity index (χ3v) is 2.05. The van der Waals surface area contributed by atoms with E-state index in [9.17, 15) is 39.9 Å². The monoisotopic (exact) mass is 304 g/mol. The van der Waals surface area contributed by atoms with Gasteiger partial charge in [-0.05, 0) is 0 Å². The summed E-state index contributed by atoms with van der Waals surface area (Å²) in [5.74, 6) is -7.05. The quantitative estimate of drug-likeness (QED) is 0.641. The van der Waals surface area contributed by atoms with Crippen LogP contribution in [0.15, 0.2) is 0 Å². The SMILES string of the molecule is CCC(F)(F)COC(=O)C(O)(C(F)(F)F)C(F)(F)F. The van der Waals surface area contributed by atoms with Crippen LogP contribution in [0.1, 0.15) is 13.3 Å². The standard InChI is InChI=1S/C8H8F8O3/c1-2-5(9,10)3-19-4(17)6(18,7(11,12)13)8(14,15)16/h18H,2-3H2,1H3. The number of hydrogen-bond acceptors (Lipinski definition) is 3. The maximum atomic E-state index is 12.6. The third-order valence-electron chi connectivity index (χ3n) is 2.05. The second kappa shape index (κ2) is 5.10. The van der Waals surface area contributed by atoms with E-state index >= 15 is 0 Å². The highest BCUT2D eigenvalue weighted by atomic mass is 19.4. The minimum absolute atomic E-state index is 0.869. The second-order valence-corrected chi connectivity index (χ2v) is 3.49. The van der Waals surface area contributed by atoms with Crippen LogP contribution in [0.4, 0.5) is 35.1 Å². The van der Waals surface area contributed by atoms with Crippen molar-refractivity contribution >= 4 is 5.97 Å². The molecule has 0 atom stereocenters. The fourth-order valence-electron chi connectivity index (χ4n) is 0.770. The summed E-state index contributed by atoms with van der Waals surface area (Å²) in [6.45, 7) is -1.13. The topological polar surface area (TPSA) is 46.5 Å². The fourth-order valence-corrected chi connectivity index (χ4v) is 0.770. The van der Waals surface area contributed by atoms with Crippen LogP contribution >= 0.6 is 0 Å². The number of aliphatic hydroxyl groups is 1. The molecule has 0 aliphatic heterocycles. The lowest BCUT2D eigenvalue weighted by atomic mass is 10.0. The van der Waals surface area contributed by atoms with E-state index in [4.69, 9.17) is 5.11 Å². The molecule has 0 fully saturated rings. The van der Waals surface area contributed by atoms with Crippen LogP contribution < -0.4 is 0 Å². The van der Waals surface area contributed by atoms with Gasteiger partial charge in [-0.25, -0.2) is 13.6 Å². The molecule has 0 aromatic rings. The van der Waals surface area contributed by atoms with Crippen molar-refractivity contribution in [2.75, 3.05) is 6.61 Å². The Kier molecular flexibility index (Phi) is 4.79. The largest absolute Gasteiger partial charge is 0.457 e. The van der Waals surface area contributed by atoms with Gasteiger partial charge in [0, 0.05) is 6.42 Å². The summed E-state index contributed by atoms with van der Waals surface area (Å²) in [6, 6.07) is 0. The minimum Gasteiger partial charge on any atom is -0.457 e. The Morgan fingerprint density at radius 1 is 1.00 bits per heavy atom. The Hall–Kier alpha value is -1.13. The average molecular weight is 304 g/mol. The number of esters is 1. The molecule has 0 aliphatic carbocycles. The van der Waals surface area contributed by atoms with Crippen LogP contribution in [0, 0.1) is 0 Å². The van der Waals surface area contributed by atoms with E-state index < -0.39 is 42.9 Å². The van der Waals surface area contributed by atoms with E-state index in [0.29, 0.717) is 0 Å². The van der Waals surface area contributed by atoms with E-state index in [1.54, 1.807) is 0 Å². The molecule has 11 heteroatoms. The normalized spacial score (nSPS) is 14.4. The molecule has 0 heterocycles. The van der Waals surface area contributed by atoms with Gasteiger partial charge in [-0.3, -0.25) is 0 Å². The van der Waals surface area contributed by atoms with Gasteiger partial charge in [-0.1, -0.05) is 6.92 Å². The first-order valence-corrected chi connectivity index (χ1v) is 4.60. The highest BCUT2D eigenvalue weighted by Gasteiger charge is 2.76. The van der Waals surface area contributed by atoms with E-state index in [0.717, 1.165) is 6.92 Å². The highest BCUT2D eigenvalue weighted by Crippen LogP contribution is 2.44. The van der Waals surface area contributed by atoms with Crippen molar-refractivity contribution in [2.24, 2.45) is 0 Å².